The number of thiol groups is 2. The molecule has 0 aliphatic carbocycles. The first-order chi connectivity index (χ1) is 25.8. The number of ether oxygens (including phenoxy) is 1. The number of aliphatic carboxylic acids is 1. The molecule has 2 atom stereocenters. The van der Waals surface area contributed by atoms with E-state index >= 15 is 0 Å². The highest BCUT2D eigenvalue weighted by Gasteiger charge is 2.24. The van der Waals surface area contributed by atoms with E-state index in [4.69, 9.17) is 29.4 Å². The number of nitrogens with one attached hydrogen (secondary N) is 2. The minimum Gasteiger partial charge on any atom is -0.481 e. The number of hydrogen-bond acceptors (Lipinski definition) is 13. The van der Waals surface area contributed by atoms with Gasteiger partial charge in [-0.2, -0.15) is 0 Å². The van der Waals surface area contributed by atoms with Crippen molar-refractivity contribution in [2.45, 2.75) is 87.2 Å². The fourth-order valence-corrected chi connectivity index (χ4v) is 3.38. The fraction of sp³-hybridized carbons (Fsp3) is 0.541. The molecule has 0 aromatic heterocycles. The zero-order chi connectivity index (χ0) is 43.7. The van der Waals surface area contributed by atoms with Crippen molar-refractivity contribution < 1.29 is 52.2 Å². The molecule has 2 rings (SSSR count). The molecule has 14 nitrogen and oxygen atoms in total. The van der Waals surface area contributed by atoms with Gasteiger partial charge in [0, 0.05) is 5.41 Å². The van der Waals surface area contributed by atoms with E-state index in [0.717, 1.165) is 21.5 Å². The summed E-state index contributed by atoms with van der Waals surface area (Å²) in [7, 11) is 0. The standard InChI is InChI=1S/C16H24N2O4S.C11H16N2O3S.C5H9ClO.C5H10O2/c1-16(2,3)15(20)22-10-9-18(21)17-13(14(19)23)11-12-7-5-4-6-8-12;14-7-6-13(16)12-10(11(15)17)8-9-4-2-1-3-5-9;2*1-5(2,3)4(6)7/h4-8,13,17,21H,9-11H2,1-3H3,(H,19,23);1-5,10,12,14,16H,6-8H2,(H,15,17);1-3H3;1-3H3,(H,6,7)/i21T;16T;;. The van der Waals surface area contributed by atoms with Crippen molar-refractivity contribution in [1.29, 1.82) is 0 Å². The number of nitrogens with zero attached hydrogens (tertiary/aromatic N) is 2. The van der Waals surface area contributed by atoms with Gasteiger partial charge in [0.25, 0.3) is 0 Å². The van der Waals surface area contributed by atoms with Crippen LogP contribution in [0, 0.1) is 16.2 Å². The molecule has 0 spiro atoms. The molecular formula is C37H59ClN4O10S2. The minimum atomic E-state index is -0.757. The first-order valence-corrected chi connectivity index (χ1v) is 18.2. The van der Waals surface area contributed by atoms with Gasteiger partial charge in [0.15, 0.2) is 0 Å². The zero-order valence-electron chi connectivity index (χ0n) is 34.5. The van der Waals surface area contributed by atoms with E-state index in [1.54, 1.807) is 62.3 Å². The molecule has 6 N–H and O–H groups in total. The molecule has 0 heterocycles. The minimum absolute atomic E-state index is 0.0286. The molecule has 306 valence electrons. The number of benzene rings is 2. The number of hydrazine groups is 2. The van der Waals surface area contributed by atoms with Crippen molar-refractivity contribution in [1.82, 2.24) is 21.2 Å². The van der Waals surface area contributed by atoms with Gasteiger partial charge in [-0.3, -0.25) is 34.4 Å². The number of carboxylic acids is 1. The maximum absolute atomic E-state index is 11.7. The second-order valence-corrected chi connectivity index (χ2v) is 16.0. The van der Waals surface area contributed by atoms with Crippen LogP contribution in [-0.2, 0) is 41.6 Å². The Balaban J connectivity index is 0. The van der Waals surface area contributed by atoms with Crippen LogP contribution in [0.15, 0.2) is 60.7 Å². The third-order valence-electron chi connectivity index (χ3n) is 6.44. The number of halogens is 1. The van der Waals surface area contributed by atoms with Gasteiger partial charge in [-0.1, -0.05) is 81.4 Å². The number of esters is 1. The number of rotatable bonds is 17. The molecule has 54 heavy (non-hydrogen) atoms. The average Bonchev–Trinajstić information content (AvgIpc) is 3.10. The molecule has 0 aliphatic heterocycles. The molecule has 17 heteroatoms. The van der Waals surface area contributed by atoms with Gasteiger partial charge in [0.1, 0.15) is 6.61 Å². The third-order valence-corrected chi connectivity index (χ3v) is 7.63. The number of aliphatic hydroxyl groups excluding tert-OH is 1. The van der Waals surface area contributed by atoms with Crippen LogP contribution in [-0.4, -0.2) is 96.8 Å². The van der Waals surface area contributed by atoms with Crippen molar-refractivity contribution >= 4 is 64.3 Å². The number of aliphatic hydroxyl groups is 1. The summed E-state index contributed by atoms with van der Waals surface area (Å²) in [5.41, 5.74) is 5.81. The van der Waals surface area contributed by atoms with Crippen LogP contribution in [0.25, 0.3) is 0 Å². The SMILES string of the molecule is CC(C)(C)C(=O)Cl.CC(C)(C)C(=O)O.[3H]ON(CCO)NC(Cc1ccccc1)C(=O)S.[3H]ON(CCOC(=O)C(C)(C)C)NC(Cc1ccccc1)C(=O)S. The van der Waals surface area contributed by atoms with Crippen LogP contribution in [0.2, 0.25) is 2.86 Å². The zero-order valence-corrected chi connectivity index (χ0v) is 35.0. The molecule has 0 fully saturated rings. The Labute approximate surface area is 338 Å². The van der Waals surface area contributed by atoms with Gasteiger partial charge in [-0.05, 0) is 77.1 Å². The quantitative estimate of drug-likeness (QED) is 0.0458. The Bertz CT molecular complexity index is 1420. The number of carbonyl (C=O) groups excluding carboxylic acids is 4. The lowest BCUT2D eigenvalue weighted by atomic mass is 9.97. The van der Waals surface area contributed by atoms with Crippen LogP contribution in [0.4, 0.5) is 0 Å². The van der Waals surface area contributed by atoms with Gasteiger partial charge >= 0.3 is 11.9 Å². The number of hydroxylamine groups is 2. The second kappa shape index (κ2) is 26.8. The first-order valence-electron chi connectivity index (χ1n) is 17.7. The average molecular weight is 824 g/mol. The molecule has 0 saturated carbocycles. The Hall–Kier alpha value is -2.90. The van der Waals surface area contributed by atoms with Crippen molar-refractivity contribution in [3.05, 3.63) is 71.8 Å². The summed E-state index contributed by atoms with van der Waals surface area (Å²) >= 11 is 12.8. The van der Waals surface area contributed by atoms with Crippen molar-refractivity contribution in [2.24, 2.45) is 16.2 Å². The summed E-state index contributed by atoms with van der Waals surface area (Å²) in [4.78, 5) is 55.0. The summed E-state index contributed by atoms with van der Waals surface area (Å²) in [6.07, 6.45) is 0.819. The van der Waals surface area contributed by atoms with Gasteiger partial charge in [-0.25, -0.2) is 10.9 Å². The summed E-state index contributed by atoms with van der Waals surface area (Å²) in [5, 5.41) is 26.7. The van der Waals surface area contributed by atoms with E-state index in [-0.39, 0.29) is 53.2 Å². The van der Waals surface area contributed by atoms with Gasteiger partial charge in [0.2, 0.25) is 18.3 Å². The predicted octanol–water partition coefficient (Wildman–Crippen LogP) is 5.00. The lowest BCUT2D eigenvalue weighted by Crippen LogP contribution is -2.48. The van der Waals surface area contributed by atoms with E-state index in [0.29, 0.717) is 12.8 Å². The lowest BCUT2D eigenvalue weighted by Gasteiger charge is -2.23. The predicted molar refractivity (Wildman–Crippen MR) is 214 cm³/mol. The summed E-state index contributed by atoms with van der Waals surface area (Å²) in [6.45, 7) is 15.6. The molecular weight excluding hydrogens is 760 g/mol. The summed E-state index contributed by atoms with van der Waals surface area (Å²) < 4.78 is 19.0. The monoisotopic (exact) mass is 822 g/mol. The van der Waals surface area contributed by atoms with Crippen LogP contribution in [0.1, 0.15) is 73.4 Å². The van der Waals surface area contributed by atoms with Crippen LogP contribution in [0.3, 0.4) is 0 Å². The molecule has 2 aromatic carbocycles. The second-order valence-electron chi connectivity index (χ2n) is 14.8. The molecule has 0 saturated heterocycles. The van der Waals surface area contributed by atoms with E-state index < -0.39 is 28.9 Å². The summed E-state index contributed by atoms with van der Waals surface area (Å²) in [6, 6.07) is 17.6. The van der Waals surface area contributed by atoms with Crippen molar-refractivity contribution in [3.63, 3.8) is 0 Å². The van der Waals surface area contributed by atoms with E-state index in [1.807, 2.05) is 60.7 Å². The van der Waals surface area contributed by atoms with Crippen LogP contribution < -0.4 is 10.9 Å². The Morgan fingerprint density at radius 2 is 1.07 bits per heavy atom. The molecule has 2 aromatic rings. The Kier molecular flexibility index (Phi) is 24.4. The fourth-order valence-electron chi connectivity index (χ4n) is 3.08. The third kappa shape index (κ3) is 27.6. The lowest BCUT2D eigenvalue weighted by molar-refractivity contribution is -0.170. The molecule has 0 amide bonds. The van der Waals surface area contributed by atoms with Crippen molar-refractivity contribution in [3.8, 4) is 0 Å². The number of carboxylic acid groups (broad SMARTS) is 1. The molecule has 2 unspecified atom stereocenters. The number of hydrogen-bond donors (Lipinski definition) is 8. The topological polar surface area (TPSA) is 206 Å². The highest BCUT2D eigenvalue weighted by molar-refractivity contribution is 7.97. The van der Waals surface area contributed by atoms with Crippen molar-refractivity contribution in [2.75, 3.05) is 26.3 Å². The smallest absolute Gasteiger partial charge is 0.311 e. The van der Waals surface area contributed by atoms with Crippen LogP contribution >= 0.6 is 36.9 Å². The number of carbonyl (C=O) groups is 5. The van der Waals surface area contributed by atoms with Crippen LogP contribution in [0.5, 0.6) is 0 Å². The molecule has 0 aliphatic rings. The Morgan fingerprint density at radius 3 is 1.33 bits per heavy atom. The summed E-state index contributed by atoms with van der Waals surface area (Å²) in [5.74, 6) is -1.11. The maximum Gasteiger partial charge on any atom is 0.311 e. The molecule has 0 radical (unpaired) electrons. The molecule has 0 bridgehead atoms. The van der Waals surface area contributed by atoms with E-state index in [9.17, 15) is 24.0 Å². The van der Waals surface area contributed by atoms with E-state index in [1.165, 1.54) is 0 Å². The van der Waals surface area contributed by atoms with Gasteiger partial charge in [0.05, 0.1) is 42.6 Å². The Morgan fingerprint density at radius 1 is 0.722 bits per heavy atom. The maximum atomic E-state index is 11.7. The highest BCUT2D eigenvalue weighted by Crippen LogP contribution is 2.16. The van der Waals surface area contributed by atoms with Gasteiger partial charge < -0.3 is 14.9 Å². The largest absolute Gasteiger partial charge is 0.481 e. The normalized spacial score (nSPS) is 12.9. The highest BCUT2D eigenvalue weighted by atomic mass is 35.5. The van der Waals surface area contributed by atoms with E-state index in [2.05, 4.69) is 46.5 Å². The first kappa shape index (κ1) is 49.1. The van der Waals surface area contributed by atoms with Gasteiger partial charge in [-0.15, -0.1) is 35.6 Å².